The summed E-state index contributed by atoms with van der Waals surface area (Å²) in [6.07, 6.45) is -0.229. The second-order valence-electron chi connectivity index (χ2n) is 6.67. The monoisotopic (exact) mass is 342 g/mol. The zero-order valence-electron chi connectivity index (χ0n) is 15.2. The Hall–Kier alpha value is -2.32. The summed E-state index contributed by atoms with van der Waals surface area (Å²) >= 11 is 0. The summed E-state index contributed by atoms with van der Waals surface area (Å²) in [4.78, 5) is 28.0. The van der Waals surface area contributed by atoms with Crippen molar-refractivity contribution in [2.45, 2.75) is 33.5 Å². The molecule has 0 bridgehead atoms. The number of carbonyl (C=O) groups is 2. The molecular formula is C20H26N2O3. The molecule has 1 saturated heterocycles. The molecule has 1 aromatic carbocycles. The summed E-state index contributed by atoms with van der Waals surface area (Å²) in [7, 11) is 0. The maximum atomic E-state index is 12.5. The van der Waals surface area contributed by atoms with Gasteiger partial charge >= 0.3 is 0 Å². The minimum atomic E-state index is -0.324. The molecule has 1 aliphatic rings. The third kappa shape index (κ3) is 5.91. The topological polar surface area (TPSA) is 49.9 Å². The first-order valence-corrected chi connectivity index (χ1v) is 8.64. The molecule has 0 aliphatic carbocycles. The Morgan fingerprint density at radius 3 is 2.64 bits per heavy atom. The molecule has 2 amide bonds. The minimum absolute atomic E-state index is 0.0502. The van der Waals surface area contributed by atoms with E-state index in [1.54, 1.807) is 11.8 Å². The summed E-state index contributed by atoms with van der Waals surface area (Å²) in [5.41, 5.74) is 1.07. The van der Waals surface area contributed by atoms with Gasteiger partial charge in [0, 0.05) is 13.1 Å². The number of benzene rings is 1. The van der Waals surface area contributed by atoms with Crippen molar-refractivity contribution in [2.24, 2.45) is 5.92 Å². The lowest BCUT2D eigenvalue weighted by Gasteiger charge is -2.25. The molecule has 134 valence electrons. The molecule has 1 atom stereocenters. The van der Waals surface area contributed by atoms with E-state index < -0.39 is 0 Å². The molecule has 25 heavy (non-hydrogen) atoms. The SMILES string of the molecule is CC#CC(=O)N1CC(=O)N(CC(C)C)CC(OCc2ccccc2)C1. The van der Waals surface area contributed by atoms with Gasteiger partial charge in [0.25, 0.3) is 5.91 Å². The molecule has 5 nitrogen and oxygen atoms in total. The number of rotatable bonds is 5. The van der Waals surface area contributed by atoms with Crippen molar-refractivity contribution >= 4 is 11.8 Å². The summed E-state index contributed by atoms with van der Waals surface area (Å²) in [6.45, 7) is 7.81. The molecule has 2 rings (SSSR count). The Morgan fingerprint density at radius 1 is 1.28 bits per heavy atom. The third-order valence-corrected chi connectivity index (χ3v) is 3.96. The van der Waals surface area contributed by atoms with E-state index in [1.807, 2.05) is 30.3 Å². The number of ether oxygens (including phenoxy) is 1. The van der Waals surface area contributed by atoms with Crippen LogP contribution in [0.15, 0.2) is 30.3 Å². The molecule has 1 unspecified atom stereocenters. The maximum absolute atomic E-state index is 12.5. The average Bonchev–Trinajstić information content (AvgIpc) is 2.73. The van der Waals surface area contributed by atoms with Gasteiger partial charge in [0.05, 0.1) is 19.3 Å². The van der Waals surface area contributed by atoms with Crippen molar-refractivity contribution in [3.63, 3.8) is 0 Å². The predicted molar refractivity (Wildman–Crippen MR) is 96.5 cm³/mol. The van der Waals surface area contributed by atoms with E-state index in [1.165, 1.54) is 4.90 Å². The highest BCUT2D eigenvalue weighted by atomic mass is 16.5. The normalized spacial score (nSPS) is 17.9. The Morgan fingerprint density at radius 2 is 2.00 bits per heavy atom. The number of nitrogens with zero attached hydrogens (tertiary/aromatic N) is 2. The average molecular weight is 342 g/mol. The molecular weight excluding hydrogens is 316 g/mol. The number of amides is 2. The van der Waals surface area contributed by atoms with E-state index in [0.717, 1.165) is 5.56 Å². The van der Waals surface area contributed by atoms with E-state index >= 15 is 0 Å². The van der Waals surface area contributed by atoms with E-state index in [4.69, 9.17) is 4.74 Å². The van der Waals surface area contributed by atoms with Crippen LogP contribution in [0.1, 0.15) is 26.3 Å². The third-order valence-electron chi connectivity index (χ3n) is 3.96. The first-order valence-electron chi connectivity index (χ1n) is 8.64. The van der Waals surface area contributed by atoms with Crippen molar-refractivity contribution in [1.82, 2.24) is 9.80 Å². The summed E-state index contributed by atoms with van der Waals surface area (Å²) in [5, 5.41) is 0. The predicted octanol–water partition coefficient (Wildman–Crippen LogP) is 1.92. The van der Waals surface area contributed by atoms with Gasteiger partial charge in [-0.15, -0.1) is 0 Å². The smallest absolute Gasteiger partial charge is 0.299 e. The lowest BCUT2D eigenvalue weighted by Crippen LogP contribution is -2.40. The lowest BCUT2D eigenvalue weighted by atomic mass is 10.2. The Balaban J connectivity index is 2.10. The fourth-order valence-corrected chi connectivity index (χ4v) is 2.83. The van der Waals surface area contributed by atoms with Crippen LogP contribution in [0.4, 0.5) is 0 Å². The molecule has 0 radical (unpaired) electrons. The van der Waals surface area contributed by atoms with Crippen molar-refractivity contribution in [1.29, 1.82) is 0 Å². The molecule has 1 aliphatic heterocycles. The van der Waals surface area contributed by atoms with Gasteiger partial charge in [-0.05, 0) is 24.3 Å². The number of hydrogen-bond acceptors (Lipinski definition) is 3. The van der Waals surface area contributed by atoms with Gasteiger partial charge in [0.2, 0.25) is 5.91 Å². The molecule has 1 heterocycles. The highest BCUT2D eigenvalue weighted by Crippen LogP contribution is 2.13. The Kier molecular flexibility index (Phi) is 7.03. The van der Waals surface area contributed by atoms with E-state index in [-0.39, 0.29) is 24.5 Å². The summed E-state index contributed by atoms with van der Waals surface area (Å²) in [6, 6.07) is 9.89. The van der Waals surface area contributed by atoms with Crippen LogP contribution in [0.3, 0.4) is 0 Å². The van der Waals surface area contributed by atoms with Gasteiger partial charge in [-0.3, -0.25) is 9.59 Å². The second-order valence-corrected chi connectivity index (χ2v) is 6.67. The zero-order chi connectivity index (χ0) is 18.2. The van der Waals surface area contributed by atoms with Crippen molar-refractivity contribution in [3.8, 4) is 11.8 Å². The highest BCUT2D eigenvalue weighted by molar-refractivity contribution is 5.96. The molecule has 0 saturated carbocycles. The van der Waals surface area contributed by atoms with Gasteiger partial charge in [-0.1, -0.05) is 50.1 Å². The van der Waals surface area contributed by atoms with Crippen LogP contribution in [-0.2, 0) is 20.9 Å². The van der Waals surface area contributed by atoms with E-state index in [0.29, 0.717) is 32.2 Å². The van der Waals surface area contributed by atoms with E-state index in [2.05, 4.69) is 25.7 Å². The van der Waals surface area contributed by atoms with Crippen LogP contribution in [-0.4, -0.2) is 53.9 Å². The first kappa shape index (κ1) is 19.0. The van der Waals surface area contributed by atoms with Crippen LogP contribution in [0.25, 0.3) is 0 Å². The van der Waals surface area contributed by atoms with E-state index in [9.17, 15) is 9.59 Å². The molecule has 0 N–H and O–H groups in total. The number of carbonyl (C=O) groups excluding carboxylic acids is 2. The summed E-state index contributed by atoms with van der Waals surface area (Å²) in [5.74, 6) is 5.12. The van der Waals surface area contributed by atoms with Gasteiger partial charge in [-0.25, -0.2) is 0 Å². The van der Waals surface area contributed by atoms with Crippen LogP contribution >= 0.6 is 0 Å². The molecule has 1 fully saturated rings. The van der Waals surface area contributed by atoms with Crippen LogP contribution in [0.5, 0.6) is 0 Å². The fourth-order valence-electron chi connectivity index (χ4n) is 2.83. The van der Waals surface area contributed by atoms with Gasteiger partial charge in [0.1, 0.15) is 6.54 Å². The van der Waals surface area contributed by atoms with Gasteiger partial charge in [0.15, 0.2) is 0 Å². The quantitative estimate of drug-likeness (QED) is 0.768. The molecule has 5 heteroatoms. The zero-order valence-corrected chi connectivity index (χ0v) is 15.2. The summed E-state index contributed by atoms with van der Waals surface area (Å²) < 4.78 is 6.03. The van der Waals surface area contributed by atoms with Crippen LogP contribution in [0, 0.1) is 17.8 Å². The van der Waals surface area contributed by atoms with Crippen molar-refractivity contribution < 1.29 is 14.3 Å². The second kappa shape index (κ2) is 9.24. The van der Waals surface area contributed by atoms with Gasteiger partial charge in [-0.2, -0.15) is 0 Å². The first-order chi connectivity index (χ1) is 12.0. The number of hydrogen-bond donors (Lipinski definition) is 0. The van der Waals surface area contributed by atoms with Crippen molar-refractivity contribution in [2.75, 3.05) is 26.2 Å². The highest BCUT2D eigenvalue weighted by Gasteiger charge is 2.30. The minimum Gasteiger partial charge on any atom is -0.370 e. The maximum Gasteiger partial charge on any atom is 0.299 e. The lowest BCUT2D eigenvalue weighted by molar-refractivity contribution is -0.136. The van der Waals surface area contributed by atoms with Crippen LogP contribution in [0.2, 0.25) is 0 Å². The molecule has 0 spiro atoms. The largest absolute Gasteiger partial charge is 0.370 e. The molecule has 0 aromatic heterocycles. The van der Waals surface area contributed by atoms with Crippen molar-refractivity contribution in [3.05, 3.63) is 35.9 Å². The van der Waals surface area contributed by atoms with Gasteiger partial charge < -0.3 is 14.5 Å². The fraction of sp³-hybridized carbons (Fsp3) is 0.500. The standard InChI is InChI=1S/C20H26N2O3/c1-4-8-19(23)22-13-18(25-15-17-9-6-5-7-10-17)12-21(11-16(2)3)20(24)14-22/h5-7,9-10,16,18H,11-15H2,1-3H3. The Bertz CT molecular complexity index is 646. The Labute approximate surface area is 149 Å². The van der Waals surface area contributed by atoms with Crippen LogP contribution < -0.4 is 0 Å². The molecule has 1 aromatic rings.